The van der Waals surface area contributed by atoms with Crippen molar-refractivity contribution in [1.82, 2.24) is 4.90 Å². The molecular formula is C15H13NO4S. The van der Waals surface area contributed by atoms with Crippen LogP contribution in [0.15, 0.2) is 29.6 Å². The van der Waals surface area contributed by atoms with E-state index in [0.717, 1.165) is 11.1 Å². The lowest BCUT2D eigenvalue weighted by molar-refractivity contribution is 0.0696. The first kappa shape index (κ1) is 13.6. The highest BCUT2D eigenvalue weighted by atomic mass is 32.1. The zero-order chi connectivity index (χ0) is 15.0. The molecule has 5 nitrogen and oxygen atoms in total. The van der Waals surface area contributed by atoms with Crippen molar-refractivity contribution in [3.8, 4) is 5.75 Å². The molecule has 108 valence electrons. The number of carboxylic acid groups (broad SMARTS) is 1. The standard InChI is InChI=1S/C15H13NO4S/c1-20-12-4-5-21-13(12)14(17)16-7-10-3-2-9(15(18)19)6-11(10)8-16/h2-6H,7-8H2,1H3,(H,18,19). The van der Waals surface area contributed by atoms with E-state index >= 15 is 0 Å². The Hall–Kier alpha value is -2.34. The molecule has 0 fully saturated rings. The quantitative estimate of drug-likeness (QED) is 0.946. The van der Waals surface area contributed by atoms with Crippen molar-refractivity contribution >= 4 is 23.2 Å². The third-order valence-corrected chi connectivity index (χ3v) is 4.39. The van der Waals surface area contributed by atoms with Crippen LogP contribution < -0.4 is 4.74 Å². The predicted molar refractivity (Wildman–Crippen MR) is 77.8 cm³/mol. The van der Waals surface area contributed by atoms with E-state index in [4.69, 9.17) is 9.84 Å². The molecule has 1 amide bonds. The minimum Gasteiger partial charge on any atom is -0.495 e. The zero-order valence-electron chi connectivity index (χ0n) is 11.3. The summed E-state index contributed by atoms with van der Waals surface area (Å²) < 4.78 is 5.18. The fourth-order valence-corrected chi connectivity index (χ4v) is 3.25. The maximum Gasteiger partial charge on any atom is 0.335 e. The van der Waals surface area contributed by atoms with Gasteiger partial charge >= 0.3 is 5.97 Å². The summed E-state index contributed by atoms with van der Waals surface area (Å²) in [5.41, 5.74) is 2.12. The average Bonchev–Trinajstić information content (AvgIpc) is 3.11. The number of carbonyl (C=O) groups excluding carboxylic acids is 1. The third kappa shape index (κ3) is 2.38. The molecule has 21 heavy (non-hydrogen) atoms. The number of methoxy groups -OCH3 is 1. The van der Waals surface area contributed by atoms with Gasteiger partial charge in [0.15, 0.2) is 0 Å². The van der Waals surface area contributed by atoms with Crippen LogP contribution in [-0.4, -0.2) is 29.0 Å². The first-order chi connectivity index (χ1) is 10.1. The lowest BCUT2D eigenvalue weighted by Gasteiger charge is -2.14. The lowest BCUT2D eigenvalue weighted by atomic mass is 10.1. The molecule has 0 aliphatic carbocycles. The van der Waals surface area contributed by atoms with Crippen molar-refractivity contribution in [3.63, 3.8) is 0 Å². The van der Waals surface area contributed by atoms with Gasteiger partial charge in [-0.3, -0.25) is 4.79 Å². The number of thiophene rings is 1. The Bertz CT molecular complexity index is 722. The predicted octanol–water partition coefficient (Wildman–Crippen LogP) is 2.61. The number of carboxylic acids is 1. The number of hydrogen-bond donors (Lipinski definition) is 1. The normalized spacial score (nSPS) is 13.1. The van der Waals surface area contributed by atoms with Crippen molar-refractivity contribution in [2.75, 3.05) is 7.11 Å². The minimum atomic E-state index is -0.956. The molecule has 2 aromatic rings. The van der Waals surface area contributed by atoms with Gasteiger partial charge in [0, 0.05) is 13.1 Å². The Labute approximate surface area is 125 Å². The van der Waals surface area contributed by atoms with Crippen LogP contribution in [0.1, 0.15) is 31.2 Å². The van der Waals surface area contributed by atoms with Gasteiger partial charge in [-0.2, -0.15) is 0 Å². The third-order valence-electron chi connectivity index (χ3n) is 3.51. The van der Waals surface area contributed by atoms with Gasteiger partial charge in [0.1, 0.15) is 10.6 Å². The van der Waals surface area contributed by atoms with E-state index in [-0.39, 0.29) is 11.5 Å². The zero-order valence-corrected chi connectivity index (χ0v) is 12.1. The molecule has 1 aliphatic rings. The summed E-state index contributed by atoms with van der Waals surface area (Å²) in [6, 6.07) is 6.75. The molecule has 1 aliphatic heterocycles. The molecular weight excluding hydrogens is 290 g/mol. The second-order valence-electron chi connectivity index (χ2n) is 4.77. The molecule has 0 spiro atoms. The molecule has 6 heteroatoms. The summed E-state index contributed by atoms with van der Waals surface area (Å²) in [6.45, 7) is 0.922. The number of rotatable bonds is 3. The van der Waals surface area contributed by atoms with Gasteiger partial charge in [0.05, 0.1) is 12.7 Å². The molecule has 1 aromatic carbocycles. The van der Waals surface area contributed by atoms with E-state index in [1.54, 1.807) is 29.2 Å². The summed E-state index contributed by atoms with van der Waals surface area (Å²) >= 11 is 1.35. The number of ether oxygens (including phenoxy) is 1. The molecule has 0 unspecified atom stereocenters. The summed E-state index contributed by atoms with van der Waals surface area (Å²) in [4.78, 5) is 25.8. The molecule has 0 saturated heterocycles. The van der Waals surface area contributed by atoms with E-state index in [1.165, 1.54) is 18.4 Å². The molecule has 0 bridgehead atoms. The maximum atomic E-state index is 12.5. The van der Waals surface area contributed by atoms with Crippen molar-refractivity contribution in [2.45, 2.75) is 13.1 Å². The van der Waals surface area contributed by atoms with Crippen LogP contribution >= 0.6 is 11.3 Å². The van der Waals surface area contributed by atoms with Gasteiger partial charge in [-0.05, 0) is 34.7 Å². The molecule has 1 aromatic heterocycles. The van der Waals surface area contributed by atoms with Crippen molar-refractivity contribution < 1.29 is 19.4 Å². The molecule has 0 atom stereocenters. The number of benzene rings is 1. The summed E-state index contributed by atoms with van der Waals surface area (Å²) in [6.07, 6.45) is 0. The number of amides is 1. The Kier molecular flexibility index (Phi) is 3.39. The number of aromatic carboxylic acids is 1. The van der Waals surface area contributed by atoms with E-state index in [1.807, 2.05) is 5.38 Å². The van der Waals surface area contributed by atoms with E-state index < -0.39 is 5.97 Å². The Morgan fingerprint density at radius 1 is 1.24 bits per heavy atom. The Morgan fingerprint density at radius 2 is 2.00 bits per heavy atom. The van der Waals surface area contributed by atoms with Gasteiger partial charge in [0.2, 0.25) is 0 Å². The van der Waals surface area contributed by atoms with Crippen LogP contribution in [0.4, 0.5) is 0 Å². The molecule has 0 radical (unpaired) electrons. The summed E-state index contributed by atoms with van der Waals surface area (Å²) in [5.74, 6) is -0.468. The molecule has 1 N–H and O–H groups in total. The van der Waals surface area contributed by atoms with Gasteiger partial charge in [0.25, 0.3) is 5.91 Å². The molecule has 0 saturated carbocycles. The smallest absolute Gasteiger partial charge is 0.335 e. The van der Waals surface area contributed by atoms with Crippen LogP contribution in [0.25, 0.3) is 0 Å². The van der Waals surface area contributed by atoms with Crippen LogP contribution in [-0.2, 0) is 13.1 Å². The van der Waals surface area contributed by atoms with E-state index in [2.05, 4.69) is 0 Å². The van der Waals surface area contributed by atoms with Crippen molar-refractivity contribution in [3.05, 3.63) is 51.2 Å². The number of hydrogen-bond acceptors (Lipinski definition) is 4. The first-order valence-electron chi connectivity index (χ1n) is 6.36. The van der Waals surface area contributed by atoms with Gasteiger partial charge in [-0.15, -0.1) is 11.3 Å². The fourth-order valence-electron chi connectivity index (χ4n) is 2.43. The summed E-state index contributed by atoms with van der Waals surface area (Å²) in [5, 5.41) is 10.8. The monoisotopic (exact) mass is 303 g/mol. The summed E-state index contributed by atoms with van der Waals surface area (Å²) in [7, 11) is 1.54. The largest absolute Gasteiger partial charge is 0.495 e. The van der Waals surface area contributed by atoms with Gasteiger partial charge in [-0.25, -0.2) is 4.79 Å². The topological polar surface area (TPSA) is 66.8 Å². The van der Waals surface area contributed by atoms with Crippen LogP contribution in [0.2, 0.25) is 0 Å². The van der Waals surface area contributed by atoms with Crippen molar-refractivity contribution in [2.24, 2.45) is 0 Å². The minimum absolute atomic E-state index is 0.0880. The van der Waals surface area contributed by atoms with Gasteiger partial charge in [-0.1, -0.05) is 6.07 Å². The number of nitrogens with zero attached hydrogens (tertiary/aromatic N) is 1. The Morgan fingerprint density at radius 3 is 2.71 bits per heavy atom. The van der Waals surface area contributed by atoms with Crippen molar-refractivity contribution in [1.29, 1.82) is 0 Å². The fraction of sp³-hybridized carbons (Fsp3) is 0.200. The lowest BCUT2D eigenvalue weighted by Crippen LogP contribution is -2.24. The first-order valence-corrected chi connectivity index (χ1v) is 7.24. The molecule has 3 rings (SSSR count). The van der Waals surface area contributed by atoms with Crippen LogP contribution in [0, 0.1) is 0 Å². The van der Waals surface area contributed by atoms with E-state index in [9.17, 15) is 9.59 Å². The second kappa shape index (κ2) is 5.21. The highest BCUT2D eigenvalue weighted by Crippen LogP contribution is 2.30. The van der Waals surface area contributed by atoms with E-state index in [0.29, 0.717) is 23.7 Å². The number of carbonyl (C=O) groups is 2. The molecule has 2 heterocycles. The number of fused-ring (bicyclic) bond motifs is 1. The van der Waals surface area contributed by atoms with Crippen LogP contribution in [0.3, 0.4) is 0 Å². The highest BCUT2D eigenvalue weighted by Gasteiger charge is 2.27. The Balaban J connectivity index is 1.84. The van der Waals surface area contributed by atoms with Crippen LogP contribution in [0.5, 0.6) is 5.75 Å². The van der Waals surface area contributed by atoms with Gasteiger partial charge < -0.3 is 14.7 Å². The second-order valence-corrected chi connectivity index (χ2v) is 5.68. The SMILES string of the molecule is COc1ccsc1C(=O)N1Cc2ccc(C(=O)O)cc2C1. The highest BCUT2D eigenvalue weighted by molar-refractivity contribution is 7.12. The average molecular weight is 303 g/mol. The maximum absolute atomic E-state index is 12.5.